The number of aromatic nitrogens is 1. The minimum atomic E-state index is -3.03. The van der Waals surface area contributed by atoms with Crippen LogP contribution in [0.15, 0.2) is 6.20 Å². The Morgan fingerprint density at radius 2 is 1.98 bits per heavy atom. The van der Waals surface area contributed by atoms with Gasteiger partial charge < -0.3 is 19.7 Å². The number of carbonyl (C=O) groups is 3. The summed E-state index contributed by atoms with van der Waals surface area (Å²) in [5.41, 5.74) is -0.550. The zero-order valence-electron chi connectivity index (χ0n) is 25.4. The lowest BCUT2D eigenvalue weighted by Gasteiger charge is -2.41. The molecule has 0 radical (unpaired) electrons. The van der Waals surface area contributed by atoms with Crippen LogP contribution >= 0.6 is 11.3 Å². The summed E-state index contributed by atoms with van der Waals surface area (Å²) in [6.07, 6.45) is 1.64. The Balaban J connectivity index is 1.53. The Morgan fingerprint density at radius 1 is 1.26 bits per heavy atom. The van der Waals surface area contributed by atoms with Gasteiger partial charge in [-0.05, 0) is 39.5 Å². The molecule has 3 atom stereocenters. The number of carbonyl (C=O) groups excluding carboxylic acids is 3. The molecule has 10 nitrogen and oxygen atoms in total. The molecule has 4 rings (SSSR count). The highest BCUT2D eigenvalue weighted by Gasteiger charge is 2.43. The number of amides is 3. The van der Waals surface area contributed by atoms with Crippen molar-refractivity contribution in [1.82, 2.24) is 20.1 Å². The number of morpholine rings is 1. The normalized spacial score (nSPS) is 26.4. The van der Waals surface area contributed by atoms with Crippen LogP contribution in [0.25, 0.3) is 0 Å². The molecule has 14 heteroatoms. The van der Waals surface area contributed by atoms with Crippen LogP contribution in [-0.2, 0) is 19.1 Å². The average Bonchev–Trinajstić information content (AvgIpc) is 3.39. The van der Waals surface area contributed by atoms with Crippen molar-refractivity contribution in [2.45, 2.75) is 95.9 Å². The summed E-state index contributed by atoms with van der Waals surface area (Å²) in [6, 6.07) is -0.773. The summed E-state index contributed by atoms with van der Waals surface area (Å²) in [5, 5.41) is 5.72. The van der Waals surface area contributed by atoms with Gasteiger partial charge in [0.05, 0.1) is 30.2 Å². The van der Waals surface area contributed by atoms with Crippen molar-refractivity contribution >= 4 is 34.4 Å². The fourth-order valence-electron chi connectivity index (χ4n) is 5.84. The molecule has 2 aliphatic heterocycles. The van der Waals surface area contributed by atoms with Crippen molar-refractivity contribution < 1.29 is 37.0 Å². The quantitative estimate of drug-likeness (QED) is 0.404. The van der Waals surface area contributed by atoms with Gasteiger partial charge in [0.25, 0.3) is 11.8 Å². The lowest BCUT2D eigenvalue weighted by Crippen LogP contribution is -2.52. The number of anilines is 1. The van der Waals surface area contributed by atoms with Gasteiger partial charge in [0.15, 0.2) is 11.2 Å². The molecule has 242 valence electrons. The van der Waals surface area contributed by atoms with Crippen molar-refractivity contribution in [3.8, 4) is 0 Å². The third-order valence-corrected chi connectivity index (χ3v) is 9.18. The largest absolute Gasteiger partial charge is 0.436 e. The number of nitrogens with one attached hydrogen (secondary N) is 2. The first-order valence-corrected chi connectivity index (χ1v) is 15.9. The Hall–Kier alpha value is -2.45. The standard InChI is InChI=1S/C29H44F3N5O5S/c1-18-5-7-19(8-6-18)24(42-27(40)35-28(2,3)4)25(39)34-26-33-14-22(43-26)21(16-36-11-12-41-20(13-30)15-36)37-17-29(31,32)10-9-23(37)38/h14,18-21,24H,5-13,15-17H2,1-4H3,(H,35,40)(H,33,34,39)/t18?,19?,20-,21?,24?/m1/s1. The van der Waals surface area contributed by atoms with E-state index in [1.165, 1.54) is 11.1 Å². The van der Waals surface area contributed by atoms with Gasteiger partial charge in [-0.3, -0.25) is 19.8 Å². The van der Waals surface area contributed by atoms with Gasteiger partial charge >= 0.3 is 6.09 Å². The number of halogens is 3. The molecule has 0 aromatic carbocycles. The van der Waals surface area contributed by atoms with Crippen molar-refractivity contribution in [3.05, 3.63) is 11.1 Å². The summed E-state index contributed by atoms with van der Waals surface area (Å²) in [7, 11) is 0. The first-order valence-electron chi connectivity index (χ1n) is 15.1. The number of piperidine rings is 1. The Bertz CT molecular complexity index is 1120. The van der Waals surface area contributed by atoms with Gasteiger partial charge in [0.2, 0.25) is 5.91 Å². The molecule has 3 heterocycles. The van der Waals surface area contributed by atoms with Crippen LogP contribution in [0.2, 0.25) is 0 Å². The van der Waals surface area contributed by atoms with Gasteiger partial charge in [0, 0.05) is 50.1 Å². The molecular formula is C29H44F3N5O5S. The number of rotatable bonds is 9. The summed E-state index contributed by atoms with van der Waals surface area (Å²) in [5.74, 6) is -3.57. The summed E-state index contributed by atoms with van der Waals surface area (Å²) >= 11 is 1.08. The topological polar surface area (TPSA) is 113 Å². The van der Waals surface area contributed by atoms with Crippen LogP contribution in [-0.4, -0.2) is 95.8 Å². The number of ether oxygens (including phenoxy) is 2. The van der Waals surface area contributed by atoms with Gasteiger partial charge in [0.1, 0.15) is 6.67 Å². The SMILES string of the molecule is CC1CCC(C(OC(=O)NC(C)(C)C)C(=O)Nc2ncc(C(CN3CCO[C@H](CF)C3)N3CC(F)(F)CCC3=O)s2)CC1. The van der Waals surface area contributed by atoms with Crippen molar-refractivity contribution in [1.29, 1.82) is 0 Å². The fourth-order valence-corrected chi connectivity index (χ4v) is 6.76. The predicted molar refractivity (Wildman–Crippen MR) is 156 cm³/mol. The van der Waals surface area contributed by atoms with E-state index in [0.717, 1.165) is 37.0 Å². The molecule has 1 aromatic heterocycles. The predicted octanol–water partition coefficient (Wildman–Crippen LogP) is 4.77. The molecule has 2 unspecified atom stereocenters. The number of thiazole rings is 1. The van der Waals surface area contributed by atoms with E-state index in [-0.39, 0.29) is 30.6 Å². The highest BCUT2D eigenvalue weighted by atomic mass is 32.1. The van der Waals surface area contributed by atoms with E-state index >= 15 is 0 Å². The van der Waals surface area contributed by atoms with E-state index in [9.17, 15) is 27.6 Å². The highest BCUT2D eigenvalue weighted by molar-refractivity contribution is 7.15. The van der Waals surface area contributed by atoms with Crippen LogP contribution in [0.1, 0.15) is 77.1 Å². The number of alkyl halides is 3. The van der Waals surface area contributed by atoms with Crippen molar-refractivity contribution in [3.63, 3.8) is 0 Å². The zero-order chi connectivity index (χ0) is 31.4. The average molecular weight is 632 g/mol. The van der Waals surface area contributed by atoms with E-state index in [2.05, 4.69) is 22.5 Å². The molecule has 3 amide bonds. The van der Waals surface area contributed by atoms with Crippen molar-refractivity contribution in [2.24, 2.45) is 11.8 Å². The lowest BCUT2D eigenvalue weighted by atomic mass is 9.80. The second kappa shape index (κ2) is 14.1. The maximum atomic E-state index is 14.5. The van der Waals surface area contributed by atoms with Gasteiger partial charge in [-0.15, -0.1) is 0 Å². The summed E-state index contributed by atoms with van der Waals surface area (Å²) < 4.78 is 53.4. The van der Waals surface area contributed by atoms with E-state index in [0.29, 0.717) is 23.9 Å². The monoisotopic (exact) mass is 631 g/mol. The fraction of sp³-hybridized carbons (Fsp3) is 0.793. The third-order valence-electron chi connectivity index (χ3n) is 8.17. The van der Waals surface area contributed by atoms with E-state index in [1.807, 2.05) is 25.7 Å². The summed E-state index contributed by atoms with van der Waals surface area (Å²) in [4.78, 5) is 47.0. The Kier molecular flexibility index (Phi) is 11.0. The van der Waals surface area contributed by atoms with Crippen LogP contribution in [0.5, 0.6) is 0 Å². The number of alkyl carbamates (subject to hydrolysis) is 1. The van der Waals surface area contributed by atoms with E-state index in [1.54, 1.807) is 0 Å². The lowest BCUT2D eigenvalue weighted by molar-refractivity contribution is -0.152. The molecule has 3 aliphatic rings. The maximum absolute atomic E-state index is 14.5. The molecule has 1 aliphatic carbocycles. The van der Waals surface area contributed by atoms with Crippen LogP contribution in [0, 0.1) is 11.8 Å². The smallest absolute Gasteiger partial charge is 0.408 e. The maximum Gasteiger partial charge on any atom is 0.408 e. The van der Waals surface area contributed by atoms with Crippen LogP contribution in [0.4, 0.5) is 23.1 Å². The molecule has 3 fully saturated rings. The molecule has 2 saturated heterocycles. The second-order valence-corrected chi connectivity index (χ2v) is 14.1. The Morgan fingerprint density at radius 3 is 2.65 bits per heavy atom. The second-order valence-electron chi connectivity index (χ2n) is 13.1. The van der Waals surface area contributed by atoms with E-state index < -0.39 is 67.3 Å². The van der Waals surface area contributed by atoms with Gasteiger partial charge in [-0.1, -0.05) is 31.1 Å². The molecule has 0 bridgehead atoms. The molecule has 2 N–H and O–H groups in total. The van der Waals surface area contributed by atoms with Crippen LogP contribution in [0.3, 0.4) is 0 Å². The molecule has 1 saturated carbocycles. The molecule has 1 aromatic rings. The number of hydrogen-bond donors (Lipinski definition) is 2. The van der Waals surface area contributed by atoms with E-state index in [4.69, 9.17) is 9.47 Å². The molecule has 43 heavy (non-hydrogen) atoms. The molecule has 0 spiro atoms. The summed E-state index contributed by atoms with van der Waals surface area (Å²) in [6.45, 7) is 7.41. The van der Waals surface area contributed by atoms with Crippen molar-refractivity contribution in [2.75, 3.05) is 44.8 Å². The minimum Gasteiger partial charge on any atom is -0.436 e. The number of likely N-dealkylation sites (tertiary alicyclic amines) is 1. The van der Waals surface area contributed by atoms with Crippen LogP contribution < -0.4 is 10.6 Å². The zero-order valence-corrected chi connectivity index (χ0v) is 26.2. The number of hydrogen-bond acceptors (Lipinski definition) is 8. The highest BCUT2D eigenvalue weighted by Crippen LogP contribution is 2.37. The Labute approximate surface area is 255 Å². The third kappa shape index (κ3) is 9.52. The van der Waals surface area contributed by atoms with Gasteiger partial charge in [-0.25, -0.2) is 22.9 Å². The van der Waals surface area contributed by atoms with Gasteiger partial charge in [-0.2, -0.15) is 0 Å². The first kappa shape index (κ1) is 33.4. The molecular weight excluding hydrogens is 587 g/mol. The first-order chi connectivity index (χ1) is 20.2. The minimum absolute atomic E-state index is 0.160. The number of nitrogens with zero attached hydrogens (tertiary/aromatic N) is 3.